The van der Waals surface area contributed by atoms with Gasteiger partial charge in [0, 0.05) is 18.4 Å². The van der Waals surface area contributed by atoms with Crippen LogP contribution in [0, 0.1) is 0 Å². The summed E-state index contributed by atoms with van der Waals surface area (Å²) in [5.74, 6) is -0.133. The van der Waals surface area contributed by atoms with Crippen LogP contribution in [0.1, 0.15) is 17.3 Å². The number of amides is 1. The summed E-state index contributed by atoms with van der Waals surface area (Å²) >= 11 is 0. The summed E-state index contributed by atoms with van der Waals surface area (Å²) in [5, 5.41) is 6.86. The van der Waals surface area contributed by atoms with Gasteiger partial charge in [0.05, 0.1) is 11.8 Å². The first-order valence-electron chi connectivity index (χ1n) is 5.18. The fourth-order valence-electron chi connectivity index (χ4n) is 1.38. The van der Waals surface area contributed by atoms with Gasteiger partial charge >= 0.3 is 0 Å². The second-order valence-corrected chi connectivity index (χ2v) is 3.40. The molecular weight excluding hydrogens is 202 g/mol. The van der Waals surface area contributed by atoms with Crippen LogP contribution in [-0.2, 0) is 6.54 Å². The number of hydrogen-bond donors (Lipinski definition) is 1. The number of rotatable bonds is 3. The molecule has 1 amide bonds. The van der Waals surface area contributed by atoms with E-state index >= 15 is 0 Å². The summed E-state index contributed by atoms with van der Waals surface area (Å²) in [7, 11) is 0. The number of carbonyl (C=O) groups excluding carboxylic acids is 1. The Morgan fingerprint density at radius 1 is 1.38 bits per heavy atom. The Bertz CT molecular complexity index is 476. The van der Waals surface area contributed by atoms with Gasteiger partial charge in [-0.05, 0) is 19.1 Å². The van der Waals surface area contributed by atoms with Crippen molar-refractivity contribution in [3.05, 3.63) is 48.3 Å². The van der Waals surface area contributed by atoms with Crippen LogP contribution in [0.25, 0.3) is 0 Å². The molecule has 1 heterocycles. The lowest BCUT2D eigenvalue weighted by molar-refractivity contribution is 0.102. The van der Waals surface area contributed by atoms with E-state index in [0.717, 1.165) is 12.2 Å². The van der Waals surface area contributed by atoms with Gasteiger partial charge in [0.1, 0.15) is 0 Å². The highest BCUT2D eigenvalue weighted by atomic mass is 16.1. The molecule has 16 heavy (non-hydrogen) atoms. The Hall–Kier alpha value is -2.10. The zero-order valence-electron chi connectivity index (χ0n) is 9.05. The van der Waals surface area contributed by atoms with Crippen molar-refractivity contribution in [1.29, 1.82) is 0 Å². The third kappa shape index (κ3) is 2.28. The van der Waals surface area contributed by atoms with Crippen molar-refractivity contribution >= 4 is 11.6 Å². The van der Waals surface area contributed by atoms with Gasteiger partial charge in [0.25, 0.3) is 5.91 Å². The average molecular weight is 215 g/mol. The van der Waals surface area contributed by atoms with Crippen LogP contribution in [0.5, 0.6) is 0 Å². The monoisotopic (exact) mass is 215 g/mol. The van der Waals surface area contributed by atoms with Crippen molar-refractivity contribution in [1.82, 2.24) is 9.78 Å². The van der Waals surface area contributed by atoms with Crippen LogP contribution in [0.15, 0.2) is 42.7 Å². The lowest BCUT2D eigenvalue weighted by atomic mass is 10.3. The van der Waals surface area contributed by atoms with Crippen molar-refractivity contribution < 1.29 is 4.79 Å². The van der Waals surface area contributed by atoms with Crippen LogP contribution in [0.3, 0.4) is 0 Å². The number of aromatic nitrogens is 2. The lowest BCUT2D eigenvalue weighted by Crippen LogP contribution is -2.10. The predicted molar refractivity (Wildman–Crippen MR) is 62.3 cm³/mol. The molecular formula is C12H13N3O. The van der Waals surface area contributed by atoms with Gasteiger partial charge in [-0.3, -0.25) is 9.48 Å². The molecule has 4 heteroatoms. The highest BCUT2D eigenvalue weighted by Crippen LogP contribution is 2.07. The SMILES string of the molecule is CCn1cc(C(=O)Nc2ccccc2)cn1. The van der Waals surface area contributed by atoms with Crippen LogP contribution in [0.4, 0.5) is 5.69 Å². The number of para-hydroxylation sites is 1. The smallest absolute Gasteiger partial charge is 0.258 e. The molecule has 0 aliphatic heterocycles. The van der Waals surface area contributed by atoms with E-state index in [2.05, 4.69) is 10.4 Å². The van der Waals surface area contributed by atoms with Gasteiger partial charge in [-0.2, -0.15) is 5.10 Å². The first-order chi connectivity index (χ1) is 7.79. The summed E-state index contributed by atoms with van der Waals surface area (Å²) in [6.45, 7) is 2.74. The number of benzene rings is 1. The first-order valence-corrected chi connectivity index (χ1v) is 5.18. The number of anilines is 1. The molecule has 0 fully saturated rings. The molecule has 0 saturated heterocycles. The molecule has 0 atom stereocenters. The molecule has 4 nitrogen and oxygen atoms in total. The molecule has 0 aliphatic carbocycles. The molecule has 0 aliphatic rings. The van der Waals surface area contributed by atoms with Crippen molar-refractivity contribution in [2.75, 3.05) is 5.32 Å². The van der Waals surface area contributed by atoms with E-state index < -0.39 is 0 Å². The predicted octanol–water partition coefficient (Wildman–Crippen LogP) is 2.16. The Labute approximate surface area is 93.9 Å². The maximum Gasteiger partial charge on any atom is 0.258 e. The number of carbonyl (C=O) groups is 1. The fraction of sp³-hybridized carbons (Fsp3) is 0.167. The van der Waals surface area contributed by atoms with E-state index in [0.29, 0.717) is 5.56 Å². The number of hydrogen-bond acceptors (Lipinski definition) is 2. The van der Waals surface area contributed by atoms with Gasteiger partial charge in [-0.25, -0.2) is 0 Å². The summed E-state index contributed by atoms with van der Waals surface area (Å²) < 4.78 is 1.72. The molecule has 0 spiro atoms. The average Bonchev–Trinajstić information content (AvgIpc) is 2.79. The molecule has 1 aromatic carbocycles. The van der Waals surface area contributed by atoms with Crippen LogP contribution >= 0.6 is 0 Å². The Balaban J connectivity index is 2.09. The standard InChI is InChI=1S/C12H13N3O/c1-2-15-9-10(8-13-15)12(16)14-11-6-4-3-5-7-11/h3-9H,2H2,1H3,(H,14,16). The van der Waals surface area contributed by atoms with Crippen LogP contribution < -0.4 is 5.32 Å². The maximum absolute atomic E-state index is 11.8. The minimum absolute atomic E-state index is 0.133. The second kappa shape index (κ2) is 4.61. The molecule has 0 radical (unpaired) electrons. The van der Waals surface area contributed by atoms with Gasteiger partial charge in [0.2, 0.25) is 0 Å². The normalized spacial score (nSPS) is 10.1. The lowest BCUT2D eigenvalue weighted by Gasteiger charge is -2.01. The van der Waals surface area contributed by atoms with Crippen molar-refractivity contribution in [3.63, 3.8) is 0 Å². The second-order valence-electron chi connectivity index (χ2n) is 3.40. The molecule has 82 valence electrons. The zero-order chi connectivity index (χ0) is 11.4. The van der Waals surface area contributed by atoms with Crippen molar-refractivity contribution in [3.8, 4) is 0 Å². The largest absolute Gasteiger partial charge is 0.322 e. The quantitative estimate of drug-likeness (QED) is 0.852. The Morgan fingerprint density at radius 2 is 2.12 bits per heavy atom. The summed E-state index contributed by atoms with van der Waals surface area (Å²) in [6, 6.07) is 9.37. The van der Waals surface area contributed by atoms with Crippen LogP contribution in [0.2, 0.25) is 0 Å². The van der Waals surface area contributed by atoms with E-state index in [-0.39, 0.29) is 5.91 Å². The van der Waals surface area contributed by atoms with Crippen molar-refractivity contribution in [2.45, 2.75) is 13.5 Å². The highest BCUT2D eigenvalue weighted by Gasteiger charge is 2.07. The van der Waals surface area contributed by atoms with E-state index in [9.17, 15) is 4.79 Å². The molecule has 0 bridgehead atoms. The molecule has 1 aromatic heterocycles. The van der Waals surface area contributed by atoms with E-state index in [1.54, 1.807) is 17.1 Å². The summed E-state index contributed by atoms with van der Waals surface area (Å²) in [6.07, 6.45) is 3.31. The van der Waals surface area contributed by atoms with E-state index in [1.165, 1.54) is 0 Å². The molecule has 1 N–H and O–H groups in total. The van der Waals surface area contributed by atoms with Gasteiger partial charge in [0.15, 0.2) is 0 Å². The van der Waals surface area contributed by atoms with Gasteiger partial charge < -0.3 is 5.32 Å². The topological polar surface area (TPSA) is 46.9 Å². The van der Waals surface area contributed by atoms with E-state index in [1.807, 2.05) is 37.3 Å². The fourth-order valence-corrected chi connectivity index (χ4v) is 1.38. The molecule has 0 saturated carbocycles. The molecule has 2 rings (SSSR count). The minimum Gasteiger partial charge on any atom is -0.322 e. The van der Waals surface area contributed by atoms with Gasteiger partial charge in [-0.15, -0.1) is 0 Å². The number of aryl methyl sites for hydroxylation is 1. The molecule has 0 unspecified atom stereocenters. The minimum atomic E-state index is -0.133. The molecule has 2 aromatic rings. The third-order valence-corrected chi connectivity index (χ3v) is 2.25. The summed E-state index contributed by atoms with van der Waals surface area (Å²) in [5.41, 5.74) is 1.36. The number of nitrogens with one attached hydrogen (secondary N) is 1. The third-order valence-electron chi connectivity index (χ3n) is 2.25. The summed E-state index contributed by atoms with van der Waals surface area (Å²) in [4.78, 5) is 11.8. The van der Waals surface area contributed by atoms with E-state index in [4.69, 9.17) is 0 Å². The number of nitrogens with zero attached hydrogens (tertiary/aromatic N) is 2. The van der Waals surface area contributed by atoms with Gasteiger partial charge in [-0.1, -0.05) is 18.2 Å². The Morgan fingerprint density at radius 3 is 2.75 bits per heavy atom. The maximum atomic E-state index is 11.8. The first kappa shape index (κ1) is 10.4. The van der Waals surface area contributed by atoms with Crippen LogP contribution in [-0.4, -0.2) is 15.7 Å². The zero-order valence-corrected chi connectivity index (χ0v) is 9.05. The van der Waals surface area contributed by atoms with Crippen molar-refractivity contribution in [2.24, 2.45) is 0 Å². The Kier molecular flexibility index (Phi) is 3.00. The highest BCUT2D eigenvalue weighted by molar-refractivity contribution is 6.03.